The van der Waals surface area contributed by atoms with Crippen molar-refractivity contribution in [2.45, 2.75) is 11.8 Å². The second kappa shape index (κ2) is 8.78. The molecule has 0 unspecified atom stereocenters. The van der Waals surface area contributed by atoms with Crippen molar-refractivity contribution in [3.05, 3.63) is 89.1 Å². The first-order chi connectivity index (χ1) is 14.5. The highest BCUT2D eigenvalue weighted by Gasteiger charge is 2.15. The maximum Gasteiger partial charge on any atom is 0.256 e. The first kappa shape index (κ1) is 20.3. The summed E-state index contributed by atoms with van der Waals surface area (Å²) in [5.74, 6) is -0.169. The number of rotatable bonds is 5. The SMILES string of the molecule is CSc1ccc(C(=O)Nc2ccc(Cl)c(-c3ccn[nH]3)c2)c(-c2cccc(C)c2)c1. The fourth-order valence-electron chi connectivity index (χ4n) is 3.31. The summed E-state index contributed by atoms with van der Waals surface area (Å²) in [6.07, 6.45) is 3.69. The highest BCUT2D eigenvalue weighted by atomic mass is 35.5. The molecule has 0 aliphatic rings. The highest BCUT2D eigenvalue weighted by Crippen LogP contribution is 2.32. The molecular formula is C24H20ClN3OS. The minimum Gasteiger partial charge on any atom is -0.322 e. The van der Waals surface area contributed by atoms with E-state index in [1.807, 2.05) is 55.6 Å². The molecule has 2 N–H and O–H groups in total. The fourth-order valence-corrected chi connectivity index (χ4v) is 3.97. The van der Waals surface area contributed by atoms with Gasteiger partial charge in [0.15, 0.2) is 0 Å². The van der Waals surface area contributed by atoms with Gasteiger partial charge in [-0.15, -0.1) is 11.8 Å². The number of carbonyl (C=O) groups is 1. The number of benzene rings is 3. The zero-order valence-electron chi connectivity index (χ0n) is 16.6. The molecule has 0 saturated heterocycles. The second-order valence-corrected chi connectivity index (χ2v) is 8.19. The van der Waals surface area contributed by atoms with Crippen molar-refractivity contribution < 1.29 is 4.79 Å². The molecule has 0 atom stereocenters. The van der Waals surface area contributed by atoms with E-state index in [1.54, 1.807) is 30.1 Å². The number of halogens is 1. The van der Waals surface area contributed by atoms with Gasteiger partial charge in [-0.2, -0.15) is 5.10 Å². The largest absolute Gasteiger partial charge is 0.322 e. The molecule has 1 amide bonds. The van der Waals surface area contributed by atoms with E-state index in [1.165, 1.54) is 0 Å². The minimum atomic E-state index is -0.169. The van der Waals surface area contributed by atoms with Crippen LogP contribution < -0.4 is 5.32 Å². The zero-order chi connectivity index (χ0) is 21.1. The van der Waals surface area contributed by atoms with E-state index in [0.717, 1.165) is 32.8 Å². The van der Waals surface area contributed by atoms with Crippen LogP contribution in [0.1, 0.15) is 15.9 Å². The number of aromatic amines is 1. The Kier molecular flexibility index (Phi) is 5.93. The predicted octanol–water partition coefficient (Wildman–Crippen LogP) is 6.68. The Morgan fingerprint density at radius 1 is 1.03 bits per heavy atom. The maximum atomic E-state index is 13.2. The average molecular weight is 434 g/mol. The van der Waals surface area contributed by atoms with Crippen LogP contribution in [-0.4, -0.2) is 22.4 Å². The molecule has 0 saturated carbocycles. The van der Waals surface area contributed by atoms with Crippen LogP contribution in [0.25, 0.3) is 22.4 Å². The number of hydrogen-bond donors (Lipinski definition) is 2. The zero-order valence-corrected chi connectivity index (χ0v) is 18.1. The molecule has 0 bridgehead atoms. The number of anilines is 1. The fraction of sp³-hybridized carbons (Fsp3) is 0.0833. The Morgan fingerprint density at radius 3 is 2.63 bits per heavy atom. The van der Waals surface area contributed by atoms with Crippen molar-refractivity contribution in [1.82, 2.24) is 10.2 Å². The van der Waals surface area contributed by atoms with Crippen molar-refractivity contribution >= 4 is 35.0 Å². The summed E-state index contributed by atoms with van der Waals surface area (Å²) in [7, 11) is 0. The number of aryl methyl sites for hydroxylation is 1. The second-order valence-electron chi connectivity index (χ2n) is 6.90. The number of nitrogens with zero attached hydrogens (tertiary/aromatic N) is 1. The third kappa shape index (κ3) is 4.27. The van der Waals surface area contributed by atoms with Gasteiger partial charge in [-0.05, 0) is 66.8 Å². The molecule has 30 heavy (non-hydrogen) atoms. The Hall–Kier alpha value is -3.02. The first-order valence-electron chi connectivity index (χ1n) is 9.41. The van der Waals surface area contributed by atoms with E-state index in [9.17, 15) is 4.79 Å². The van der Waals surface area contributed by atoms with Crippen LogP contribution in [0.5, 0.6) is 0 Å². The number of hydrogen-bond acceptors (Lipinski definition) is 3. The number of thioether (sulfide) groups is 1. The lowest BCUT2D eigenvalue weighted by molar-refractivity contribution is 0.102. The predicted molar refractivity (Wildman–Crippen MR) is 125 cm³/mol. The van der Waals surface area contributed by atoms with Gasteiger partial charge in [0, 0.05) is 27.9 Å². The molecule has 4 rings (SSSR count). The summed E-state index contributed by atoms with van der Waals surface area (Å²) < 4.78 is 0. The number of nitrogens with one attached hydrogen (secondary N) is 2. The van der Waals surface area contributed by atoms with Gasteiger partial charge < -0.3 is 5.32 Å². The number of H-pyrrole nitrogens is 1. The van der Waals surface area contributed by atoms with Crippen molar-refractivity contribution in [3.63, 3.8) is 0 Å². The summed E-state index contributed by atoms with van der Waals surface area (Å²) in [6, 6.07) is 21.3. The smallest absolute Gasteiger partial charge is 0.256 e. The number of amides is 1. The van der Waals surface area contributed by atoms with E-state index < -0.39 is 0 Å². The molecule has 0 fully saturated rings. The van der Waals surface area contributed by atoms with Crippen molar-refractivity contribution in [2.75, 3.05) is 11.6 Å². The Balaban J connectivity index is 1.70. The molecule has 0 aliphatic heterocycles. The monoisotopic (exact) mass is 433 g/mol. The normalized spacial score (nSPS) is 10.8. The van der Waals surface area contributed by atoms with Gasteiger partial charge >= 0.3 is 0 Å². The Bertz CT molecular complexity index is 1210. The van der Waals surface area contributed by atoms with Crippen LogP contribution in [0, 0.1) is 6.92 Å². The van der Waals surface area contributed by atoms with E-state index in [2.05, 4.69) is 27.6 Å². The van der Waals surface area contributed by atoms with E-state index in [-0.39, 0.29) is 5.91 Å². The minimum absolute atomic E-state index is 0.169. The molecular weight excluding hydrogens is 414 g/mol. The van der Waals surface area contributed by atoms with Crippen LogP contribution >= 0.6 is 23.4 Å². The molecule has 3 aromatic carbocycles. The summed E-state index contributed by atoms with van der Waals surface area (Å²) in [5, 5.41) is 10.5. The summed E-state index contributed by atoms with van der Waals surface area (Å²) >= 11 is 7.98. The third-order valence-electron chi connectivity index (χ3n) is 4.82. The molecule has 150 valence electrons. The summed E-state index contributed by atoms with van der Waals surface area (Å²) in [6.45, 7) is 2.05. The van der Waals surface area contributed by atoms with Gasteiger partial charge in [-0.1, -0.05) is 41.4 Å². The summed E-state index contributed by atoms with van der Waals surface area (Å²) in [5.41, 5.74) is 5.94. The maximum absolute atomic E-state index is 13.2. The average Bonchev–Trinajstić information content (AvgIpc) is 3.29. The van der Waals surface area contributed by atoms with Gasteiger partial charge in [-0.3, -0.25) is 9.89 Å². The van der Waals surface area contributed by atoms with E-state index >= 15 is 0 Å². The van der Waals surface area contributed by atoms with Crippen molar-refractivity contribution in [2.24, 2.45) is 0 Å². The molecule has 4 aromatic rings. The van der Waals surface area contributed by atoms with E-state index in [0.29, 0.717) is 16.3 Å². The number of carbonyl (C=O) groups excluding carboxylic acids is 1. The molecule has 1 heterocycles. The Labute approximate surface area is 184 Å². The van der Waals surface area contributed by atoms with Gasteiger partial charge in [0.25, 0.3) is 5.91 Å². The molecule has 0 spiro atoms. The standard InChI is InChI=1S/C24H20ClN3OS/c1-15-4-3-5-16(12-15)20-14-18(30-2)7-8-19(20)24(29)27-17-6-9-22(25)21(13-17)23-10-11-26-28-23/h3-14H,1-2H3,(H,26,28)(H,27,29). The number of aromatic nitrogens is 2. The molecule has 6 heteroatoms. The van der Waals surface area contributed by atoms with Gasteiger partial charge in [0.05, 0.1) is 10.7 Å². The van der Waals surface area contributed by atoms with Crippen LogP contribution in [0.3, 0.4) is 0 Å². The highest BCUT2D eigenvalue weighted by molar-refractivity contribution is 7.98. The lowest BCUT2D eigenvalue weighted by Gasteiger charge is -2.13. The molecule has 0 radical (unpaired) electrons. The van der Waals surface area contributed by atoms with Crippen LogP contribution in [0.4, 0.5) is 5.69 Å². The van der Waals surface area contributed by atoms with Crippen LogP contribution in [-0.2, 0) is 0 Å². The Morgan fingerprint density at radius 2 is 1.90 bits per heavy atom. The van der Waals surface area contributed by atoms with Crippen LogP contribution in [0.2, 0.25) is 5.02 Å². The lowest BCUT2D eigenvalue weighted by atomic mass is 9.97. The quantitative estimate of drug-likeness (QED) is 0.345. The molecule has 4 nitrogen and oxygen atoms in total. The van der Waals surface area contributed by atoms with Crippen molar-refractivity contribution in [1.29, 1.82) is 0 Å². The van der Waals surface area contributed by atoms with Gasteiger partial charge in [0.2, 0.25) is 0 Å². The topological polar surface area (TPSA) is 57.8 Å². The lowest BCUT2D eigenvalue weighted by Crippen LogP contribution is -2.13. The third-order valence-corrected chi connectivity index (χ3v) is 5.87. The first-order valence-corrected chi connectivity index (χ1v) is 11.0. The molecule has 0 aliphatic carbocycles. The van der Waals surface area contributed by atoms with Crippen LogP contribution in [0.15, 0.2) is 77.8 Å². The molecule has 1 aromatic heterocycles. The van der Waals surface area contributed by atoms with Gasteiger partial charge in [0.1, 0.15) is 0 Å². The van der Waals surface area contributed by atoms with E-state index in [4.69, 9.17) is 11.6 Å². The summed E-state index contributed by atoms with van der Waals surface area (Å²) in [4.78, 5) is 14.3. The van der Waals surface area contributed by atoms with Gasteiger partial charge in [-0.25, -0.2) is 0 Å². The van der Waals surface area contributed by atoms with Crippen molar-refractivity contribution in [3.8, 4) is 22.4 Å².